The molecular formula is C8H6CaO4. The normalized spacial score (nSPS) is 8.62. The van der Waals surface area contributed by atoms with Crippen LogP contribution in [-0.2, 0) is 0 Å². The van der Waals surface area contributed by atoms with Crippen LogP contribution in [0.3, 0.4) is 0 Å². The van der Waals surface area contributed by atoms with E-state index < -0.39 is 11.9 Å². The first-order valence-electron chi connectivity index (χ1n) is 3.18. The van der Waals surface area contributed by atoms with E-state index >= 15 is 0 Å². The first-order chi connectivity index (χ1) is 5.63. The van der Waals surface area contributed by atoms with Crippen LogP contribution in [0, 0.1) is 0 Å². The van der Waals surface area contributed by atoms with Crippen molar-refractivity contribution < 1.29 is 19.8 Å². The Morgan fingerprint density at radius 1 is 0.923 bits per heavy atom. The van der Waals surface area contributed by atoms with Gasteiger partial charge in [0.1, 0.15) is 0 Å². The van der Waals surface area contributed by atoms with Gasteiger partial charge in [-0.1, -0.05) is 12.1 Å². The van der Waals surface area contributed by atoms with Crippen molar-refractivity contribution in [2.45, 2.75) is 0 Å². The second kappa shape index (κ2) is 5.21. The summed E-state index contributed by atoms with van der Waals surface area (Å²) < 4.78 is 0. The maximum atomic E-state index is 10.5. The molecule has 0 aliphatic heterocycles. The number of hydrogen-bond acceptors (Lipinski definition) is 2. The molecule has 64 valence electrons. The van der Waals surface area contributed by atoms with Crippen LogP contribution >= 0.6 is 0 Å². The monoisotopic (exact) mass is 206 g/mol. The minimum absolute atomic E-state index is 0. The van der Waals surface area contributed by atoms with Crippen molar-refractivity contribution in [2.24, 2.45) is 0 Å². The van der Waals surface area contributed by atoms with Gasteiger partial charge in [0.05, 0.1) is 11.1 Å². The van der Waals surface area contributed by atoms with E-state index in [1.165, 1.54) is 24.3 Å². The Labute approximate surface area is 104 Å². The Balaban J connectivity index is 0.00000144. The summed E-state index contributed by atoms with van der Waals surface area (Å²) in [6.07, 6.45) is 0. The first kappa shape index (κ1) is 12.4. The van der Waals surface area contributed by atoms with Crippen molar-refractivity contribution in [3.8, 4) is 0 Å². The predicted molar refractivity (Wildman–Crippen MR) is 46.1 cm³/mol. The second-order valence-corrected chi connectivity index (χ2v) is 2.16. The molecule has 1 aromatic rings. The van der Waals surface area contributed by atoms with Crippen LogP contribution in [0.2, 0.25) is 0 Å². The summed E-state index contributed by atoms with van der Waals surface area (Å²) in [7, 11) is 0. The van der Waals surface area contributed by atoms with E-state index in [9.17, 15) is 9.59 Å². The number of carboxylic acid groups (broad SMARTS) is 2. The summed E-state index contributed by atoms with van der Waals surface area (Å²) in [6.45, 7) is 0. The van der Waals surface area contributed by atoms with Crippen LogP contribution in [0.15, 0.2) is 24.3 Å². The number of carbonyl (C=O) groups is 2. The zero-order valence-electron chi connectivity index (χ0n) is 6.73. The number of carboxylic acids is 2. The fraction of sp³-hybridized carbons (Fsp3) is 0. The molecule has 0 saturated heterocycles. The number of benzene rings is 1. The Morgan fingerprint density at radius 3 is 1.46 bits per heavy atom. The zero-order chi connectivity index (χ0) is 9.14. The van der Waals surface area contributed by atoms with Gasteiger partial charge in [-0.05, 0) is 12.1 Å². The van der Waals surface area contributed by atoms with Gasteiger partial charge in [0.25, 0.3) is 0 Å². The minimum atomic E-state index is -1.23. The van der Waals surface area contributed by atoms with Gasteiger partial charge in [-0.25, -0.2) is 9.59 Å². The third-order valence-electron chi connectivity index (χ3n) is 1.39. The molecule has 4 nitrogen and oxygen atoms in total. The minimum Gasteiger partial charge on any atom is -0.478 e. The number of hydrogen-bond donors (Lipinski definition) is 2. The van der Waals surface area contributed by atoms with Gasteiger partial charge in [0, 0.05) is 37.7 Å². The Hall–Kier alpha value is -0.580. The standard InChI is InChI=1S/C8H6O4.Ca/c9-7(10)5-3-1-2-4-6(5)8(11)12;/h1-4H,(H,9,10)(H,11,12);. The topological polar surface area (TPSA) is 74.6 Å². The molecule has 5 heteroatoms. The largest absolute Gasteiger partial charge is 0.478 e. The van der Waals surface area contributed by atoms with Crippen molar-refractivity contribution in [3.63, 3.8) is 0 Å². The van der Waals surface area contributed by atoms with Crippen molar-refractivity contribution in [1.29, 1.82) is 0 Å². The molecule has 0 bridgehead atoms. The third kappa shape index (κ3) is 2.99. The van der Waals surface area contributed by atoms with E-state index in [0.29, 0.717) is 0 Å². The molecule has 13 heavy (non-hydrogen) atoms. The molecule has 2 radical (unpaired) electrons. The number of rotatable bonds is 2. The van der Waals surface area contributed by atoms with Gasteiger partial charge in [-0.15, -0.1) is 0 Å². The summed E-state index contributed by atoms with van der Waals surface area (Å²) in [5.74, 6) is -2.46. The van der Waals surface area contributed by atoms with E-state index in [4.69, 9.17) is 10.2 Å². The van der Waals surface area contributed by atoms with E-state index in [2.05, 4.69) is 0 Å². The maximum absolute atomic E-state index is 10.5. The van der Waals surface area contributed by atoms with Gasteiger partial charge in [0.15, 0.2) is 0 Å². The van der Waals surface area contributed by atoms with Crippen LogP contribution in [-0.4, -0.2) is 59.9 Å². The average Bonchev–Trinajstić information content (AvgIpc) is 2.04. The molecule has 0 unspecified atom stereocenters. The summed E-state index contributed by atoms with van der Waals surface area (Å²) in [5, 5.41) is 17.1. The molecule has 0 heterocycles. The van der Waals surface area contributed by atoms with Crippen molar-refractivity contribution >= 4 is 49.7 Å². The van der Waals surface area contributed by atoms with Gasteiger partial charge < -0.3 is 10.2 Å². The average molecular weight is 206 g/mol. The molecule has 0 fully saturated rings. The Morgan fingerprint density at radius 2 is 1.23 bits per heavy atom. The summed E-state index contributed by atoms with van der Waals surface area (Å²) >= 11 is 0. The second-order valence-electron chi connectivity index (χ2n) is 2.16. The van der Waals surface area contributed by atoms with E-state index in [-0.39, 0.29) is 48.9 Å². The van der Waals surface area contributed by atoms with Crippen molar-refractivity contribution in [1.82, 2.24) is 0 Å². The van der Waals surface area contributed by atoms with Gasteiger partial charge in [-0.3, -0.25) is 0 Å². The van der Waals surface area contributed by atoms with Gasteiger partial charge in [0.2, 0.25) is 0 Å². The van der Waals surface area contributed by atoms with Gasteiger partial charge >= 0.3 is 11.9 Å². The fourth-order valence-electron chi connectivity index (χ4n) is 0.856. The summed E-state index contributed by atoms with van der Waals surface area (Å²) in [4.78, 5) is 20.9. The maximum Gasteiger partial charge on any atom is 0.336 e. The molecule has 0 atom stereocenters. The fourth-order valence-corrected chi connectivity index (χ4v) is 0.856. The van der Waals surface area contributed by atoms with Crippen molar-refractivity contribution in [2.75, 3.05) is 0 Å². The molecule has 2 N–H and O–H groups in total. The SMILES string of the molecule is O=C(O)c1ccccc1C(=O)O.[Ca]. The van der Waals surface area contributed by atoms with Gasteiger partial charge in [-0.2, -0.15) is 0 Å². The summed E-state index contributed by atoms with van der Waals surface area (Å²) in [5.41, 5.74) is -0.380. The third-order valence-corrected chi connectivity index (χ3v) is 1.39. The molecule has 0 aromatic heterocycles. The van der Waals surface area contributed by atoms with Crippen LogP contribution in [0.4, 0.5) is 0 Å². The molecule has 0 spiro atoms. The van der Waals surface area contributed by atoms with Crippen molar-refractivity contribution in [3.05, 3.63) is 35.4 Å². The molecule has 1 aromatic carbocycles. The van der Waals surface area contributed by atoms with Crippen LogP contribution in [0.1, 0.15) is 20.7 Å². The predicted octanol–water partition coefficient (Wildman–Crippen LogP) is 0.702. The molecule has 0 aliphatic carbocycles. The summed E-state index contributed by atoms with van der Waals surface area (Å²) in [6, 6.07) is 5.48. The zero-order valence-corrected chi connectivity index (χ0v) is 8.94. The van der Waals surface area contributed by atoms with Crippen LogP contribution in [0.25, 0.3) is 0 Å². The molecule has 0 saturated carbocycles. The van der Waals surface area contributed by atoms with Crippen LogP contribution < -0.4 is 0 Å². The quantitative estimate of drug-likeness (QED) is 0.698. The number of aromatic carboxylic acids is 2. The van der Waals surface area contributed by atoms with E-state index in [0.717, 1.165) is 0 Å². The Kier molecular flexibility index (Phi) is 4.98. The Bertz CT molecular complexity index is 302. The molecule has 0 amide bonds. The first-order valence-corrected chi connectivity index (χ1v) is 3.18. The van der Waals surface area contributed by atoms with E-state index in [1.54, 1.807) is 0 Å². The molecular weight excluding hydrogens is 200 g/mol. The molecule has 1 rings (SSSR count). The smallest absolute Gasteiger partial charge is 0.336 e. The van der Waals surface area contributed by atoms with E-state index in [1.807, 2.05) is 0 Å². The van der Waals surface area contributed by atoms with Crippen LogP contribution in [0.5, 0.6) is 0 Å². The molecule has 0 aliphatic rings.